The topological polar surface area (TPSA) is 32.3 Å². The van der Waals surface area contributed by atoms with Crippen LogP contribution in [0.15, 0.2) is 48.5 Å². The van der Waals surface area contributed by atoms with Gasteiger partial charge in [-0.3, -0.25) is 4.79 Å². The SMILES string of the molecule is CCN(Cc1ccccc1)C(=O)c1ccc(NC)c(C(F)(F)F)c1. The Morgan fingerprint density at radius 3 is 2.33 bits per heavy atom. The van der Waals surface area contributed by atoms with Gasteiger partial charge < -0.3 is 10.2 Å². The Kier molecular flexibility index (Phi) is 5.49. The Morgan fingerprint density at radius 2 is 1.79 bits per heavy atom. The summed E-state index contributed by atoms with van der Waals surface area (Å²) in [7, 11) is 1.42. The van der Waals surface area contributed by atoms with E-state index in [4.69, 9.17) is 0 Å². The molecule has 1 amide bonds. The Morgan fingerprint density at radius 1 is 1.12 bits per heavy atom. The van der Waals surface area contributed by atoms with E-state index >= 15 is 0 Å². The summed E-state index contributed by atoms with van der Waals surface area (Å²) in [5.41, 5.74) is 0.0615. The Hall–Kier alpha value is -2.50. The first-order valence-electron chi connectivity index (χ1n) is 7.59. The van der Waals surface area contributed by atoms with Crippen molar-refractivity contribution in [3.63, 3.8) is 0 Å². The fraction of sp³-hybridized carbons (Fsp3) is 0.278. The van der Waals surface area contributed by atoms with Crippen molar-refractivity contribution in [2.45, 2.75) is 19.6 Å². The minimum absolute atomic E-state index is 0.0270. The van der Waals surface area contributed by atoms with Gasteiger partial charge in [0.2, 0.25) is 0 Å². The number of alkyl halides is 3. The van der Waals surface area contributed by atoms with Crippen LogP contribution in [0.25, 0.3) is 0 Å². The van der Waals surface area contributed by atoms with Gasteiger partial charge in [-0.05, 0) is 30.7 Å². The lowest BCUT2D eigenvalue weighted by Gasteiger charge is -2.22. The van der Waals surface area contributed by atoms with Crippen LogP contribution < -0.4 is 5.32 Å². The molecule has 2 aromatic carbocycles. The first-order valence-corrected chi connectivity index (χ1v) is 7.59. The number of rotatable bonds is 5. The zero-order valence-electron chi connectivity index (χ0n) is 13.5. The van der Waals surface area contributed by atoms with Crippen LogP contribution in [0.1, 0.15) is 28.4 Å². The van der Waals surface area contributed by atoms with Crippen LogP contribution in [0.2, 0.25) is 0 Å². The van der Waals surface area contributed by atoms with Gasteiger partial charge in [0.1, 0.15) is 0 Å². The van der Waals surface area contributed by atoms with E-state index in [2.05, 4.69) is 5.32 Å². The molecular weight excluding hydrogens is 317 g/mol. The molecule has 0 spiro atoms. The third kappa shape index (κ3) is 4.07. The highest BCUT2D eigenvalue weighted by molar-refractivity contribution is 5.95. The van der Waals surface area contributed by atoms with Crippen LogP contribution in [0, 0.1) is 0 Å². The fourth-order valence-corrected chi connectivity index (χ4v) is 2.44. The van der Waals surface area contributed by atoms with Crippen molar-refractivity contribution in [3.05, 3.63) is 65.2 Å². The predicted octanol–water partition coefficient (Wildman–Crippen LogP) is 4.41. The monoisotopic (exact) mass is 336 g/mol. The van der Waals surface area contributed by atoms with E-state index in [0.29, 0.717) is 13.1 Å². The molecule has 2 rings (SSSR count). The van der Waals surface area contributed by atoms with Crippen molar-refractivity contribution in [2.75, 3.05) is 18.9 Å². The summed E-state index contributed by atoms with van der Waals surface area (Å²) in [4.78, 5) is 14.1. The second-order valence-electron chi connectivity index (χ2n) is 5.31. The normalized spacial score (nSPS) is 11.2. The van der Waals surface area contributed by atoms with E-state index < -0.39 is 17.6 Å². The van der Waals surface area contributed by atoms with Gasteiger partial charge in [-0.1, -0.05) is 30.3 Å². The van der Waals surface area contributed by atoms with E-state index in [-0.39, 0.29) is 11.3 Å². The van der Waals surface area contributed by atoms with Crippen LogP contribution in [0.5, 0.6) is 0 Å². The van der Waals surface area contributed by atoms with E-state index in [9.17, 15) is 18.0 Å². The first-order chi connectivity index (χ1) is 11.4. The minimum Gasteiger partial charge on any atom is -0.388 e. The number of halogens is 3. The molecule has 0 aliphatic heterocycles. The molecule has 0 radical (unpaired) electrons. The maximum absolute atomic E-state index is 13.1. The van der Waals surface area contributed by atoms with Gasteiger partial charge in [-0.15, -0.1) is 0 Å². The Balaban J connectivity index is 2.30. The number of nitrogens with one attached hydrogen (secondary N) is 1. The maximum atomic E-state index is 13.1. The summed E-state index contributed by atoms with van der Waals surface area (Å²) in [6, 6.07) is 12.9. The van der Waals surface area contributed by atoms with Crippen molar-refractivity contribution in [1.82, 2.24) is 4.90 Å². The van der Waals surface area contributed by atoms with Crippen LogP contribution in [-0.4, -0.2) is 24.4 Å². The number of carbonyl (C=O) groups excluding carboxylic acids is 1. The van der Waals surface area contributed by atoms with E-state index in [1.54, 1.807) is 6.92 Å². The van der Waals surface area contributed by atoms with E-state index in [0.717, 1.165) is 11.6 Å². The number of benzene rings is 2. The lowest BCUT2D eigenvalue weighted by Crippen LogP contribution is -2.30. The van der Waals surface area contributed by atoms with Crippen LogP contribution in [-0.2, 0) is 12.7 Å². The van der Waals surface area contributed by atoms with Crippen molar-refractivity contribution in [3.8, 4) is 0 Å². The molecule has 0 fully saturated rings. The quantitative estimate of drug-likeness (QED) is 0.877. The molecule has 0 bridgehead atoms. The van der Waals surface area contributed by atoms with Gasteiger partial charge in [0, 0.05) is 31.4 Å². The maximum Gasteiger partial charge on any atom is 0.418 e. The third-order valence-corrected chi connectivity index (χ3v) is 3.73. The number of hydrogen-bond acceptors (Lipinski definition) is 2. The van der Waals surface area contributed by atoms with Gasteiger partial charge in [-0.2, -0.15) is 13.2 Å². The van der Waals surface area contributed by atoms with Crippen molar-refractivity contribution in [2.24, 2.45) is 0 Å². The summed E-state index contributed by atoms with van der Waals surface area (Å²) < 4.78 is 39.4. The molecule has 6 heteroatoms. The molecule has 24 heavy (non-hydrogen) atoms. The molecule has 3 nitrogen and oxygen atoms in total. The Bertz CT molecular complexity index is 699. The summed E-state index contributed by atoms with van der Waals surface area (Å²) in [5.74, 6) is -0.422. The molecule has 0 heterocycles. The lowest BCUT2D eigenvalue weighted by molar-refractivity contribution is -0.136. The molecular formula is C18H19F3N2O. The third-order valence-electron chi connectivity index (χ3n) is 3.73. The standard InChI is InChI=1S/C18H19F3N2O/c1-3-23(12-13-7-5-4-6-8-13)17(24)14-9-10-16(22-2)15(11-14)18(19,20)21/h4-11,22H,3,12H2,1-2H3. The molecule has 0 saturated heterocycles. The van der Waals surface area contributed by atoms with Crippen molar-refractivity contribution in [1.29, 1.82) is 0 Å². The number of nitrogens with zero attached hydrogens (tertiary/aromatic N) is 1. The molecule has 0 aromatic heterocycles. The zero-order valence-corrected chi connectivity index (χ0v) is 13.5. The van der Waals surface area contributed by atoms with Crippen LogP contribution in [0.4, 0.5) is 18.9 Å². The minimum atomic E-state index is -4.52. The highest BCUT2D eigenvalue weighted by atomic mass is 19.4. The van der Waals surface area contributed by atoms with Gasteiger partial charge >= 0.3 is 6.18 Å². The first kappa shape index (κ1) is 17.8. The molecule has 0 atom stereocenters. The van der Waals surface area contributed by atoms with Crippen LogP contribution in [0.3, 0.4) is 0 Å². The summed E-state index contributed by atoms with van der Waals surface area (Å²) in [5, 5.41) is 2.51. The number of hydrogen-bond donors (Lipinski definition) is 1. The Labute approximate surface area is 139 Å². The lowest BCUT2D eigenvalue weighted by atomic mass is 10.1. The summed E-state index contributed by atoms with van der Waals surface area (Å²) in [6.07, 6.45) is -4.52. The molecule has 1 N–H and O–H groups in total. The zero-order chi connectivity index (χ0) is 17.7. The van der Waals surface area contributed by atoms with Gasteiger partial charge in [0.25, 0.3) is 5.91 Å². The average molecular weight is 336 g/mol. The average Bonchev–Trinajstić information content (AvgIpc) is 2.58. The smallest absolute Gasteiger partial charge is 0.388 e. The van der Waals surface area contributed by atoms with Gasteiger partial charge in [0.15, 0.2) is 0 Å². The number of carbonyl (C=O) groups is 1. The summed E-state index contributed by atoms with van der Waals surface area (Å²) >= 11 is 0. The number of amides is 1. The van der Waals surface area contributed by atoms with Crippen LogP contribution >= 0.6 is 0 Å². The predicted molar refractivity (Wildman–Crippen MR) is 87.8 cm³/mol. The second-order valence-corrected chi connectivity index (χ2v) is 5.31. The molecule has 128 valence electrons. The molecule has 0 unspecified atom stereocenters. The molecule has 0 aliphatic rings. The highest BCUT2D eigenvalue weighted by Gasteiger charge is 2.34. The summed E-state index contributed by atoms with van der Waals surface area (Å²) in [6.45, 7) is 2.56. The fourth-order valence-electron chi connectivity index (χ4n) is 2.44. The number of anilines is 1. The van der Waals surface area contributed by atoms with Crippen molar-refractivity contribution >= 4 is 11.6 Å². The largest absolute Gasteiger partial charge is 0.418 e. The van der Waals surface area contributed by atoms with E-state index in [1.807, 2.05) is 30.3 Å². The van der Waals surface area contributed by atoms with Gasteiger partial charge in [0.05, 0.1) is 5.56 Å². The molecule has 2 aromatic rings. The highest BCUT2D eigenvalue weighted by Crippen LogP contribution is 2.35. The second kappa shape index (κ2) is 7.38. The van der Waals surface area contributed by atoms with Gasteiger partial charge in [-0.25, -0.2) is 0 Å². The molecule has 0 aliphatic carbocycles. The van der Waals surface area contributed by atoms with Crippen molar-refractivity contribution < 1.29 is 18.0 Å². The van der Waals surface area contributed by atoms with E-state index in [1.165, 1.54) is 24.1 Å². The molecule has 0 saturated carbocycles.